The molecule has 0 saturated carbocycles. The Labute approximate surface area is 510 Å². The minimum atomic E-state index is -0.358. The van der Waals surface area contributed by atoms with Crippen molar-refractivity contribution in [2.45, 2.75) is 191 Å². The number of benzene rings is 5. The summed E-state index contributed by atoms with van der Waals surface area (Å²) in [5.41, 5.74) is 3.05. The lowest BCUT2D eigenvalue weighted by Crippen LogP contribution is -2.02. The van der Waals surface area contributed by atoms with Crippen molar-refractivity contribution in [2.24, 2.45) is 0 Å². The number of phenols is 1. The number of para-hydroxylation sites is 1. The molecule has 0 spiro atoms. The van der Waals surface area contributed by atoms with Gasteiger partial charge in [-0.3, -0.25) is 9.59 Å². The maximum absolute atomic E-state index is 13.2. The molecule has 13 nitrogen and oxygen atoms in total. The van der Waals surface area contributed by atoms with Gasteiger partial charge in [0, 0.05) is 43.7 Å². The fourth-order valence-corrected chi connectivity index (χ4v) is 7.99. The second-order valence-electron chi connectivity index (χ2n) is 21.3. The molecule has 472 valence electrons. The number of ether oxygens (including phenoxy) is 5. The average molecular weight is 1200 g/mol. The first-order valence-corrected chi connectivity index (χ1v) is 30.2. The van der Waals surface area contributed by atoms with Crippen LogP contribution in [0, 0.1) is 25.5 Å². The van der Waals surface area contributed by atoms with E-state index in [-0.39, 0.29) is 63.6 Å². The molecule has 0 aliphatic rings. The van der Waals surface area contributed by atoms with Crippen LogP contribution in [0.25, 0.3) is 0 Å². The molecule has 0 heterocycles. The van der Waals surface area contributed by atoms with Crippen molar-refractivity contribution in [1.82, 2.24) is 0 Å². The number of hydrogen-bond donors (Lipinski definition) is 1. The standard InChI is InChI=1S/C17H24O3.C15H20O3.C15H22O3.2C12H15FO2/c1-14(18)10-6-4-3-5-9-13-20-17-12-8-7-11-16(17)15(2)19;1-12(16)7-4-3-5-10-18-15-9-6-8-14(11-15)13(2)17;1-13(16)8-5-3-2-4-6-11-18-15-10-7-9-14(17)12-15;1-9-8-11(13)5-6-12(9)15-7-3-4-10(2)14;1-9-5-6-11(13)12(8-9)15-7-3-4-10(2)14/h7-8,11-12H,3-6,9-10,13H2,1-2H3;6,8-9,11H,3-5,7,10H2,1-2H3;7,9-10,12,17H,2-6,8,11H2,1H3;2*5-6,8H,3-4,7H2,1-2H3. The number of ketones is 7. The van der Waals surface area contributed by atoms with E-state index in [4.69, 9.17) is 23.7 Å². The summed E-state index contributed by atoms with van der Waals surface area (Å²) in [6, 6.07) is 30.6. The van der Waals surface area contributed by atoms with E-state index in [1.54, 1.807) is 103 Å². The molecular formula is C71H96F2O13. The topological polar surface area (TPSA) is 186 Å². The van der Waals surface area contributed by atoms with Crippen LogP contribution in [0.5, 0.6) is 34.5 Å². The molecule has 0 aromatic heterocycles. The summed E-state index contributed by atoms with van der Waals surface area (Å²) in [6.07, 6.45) is 17.9. The van der Waals surface area contributed by atoms with Crippen molar-refractivity contribution < 1.29 is 71.1 Å². The Hall–Kier alpha value is -7.55. The predicted molar refractivity (Wildman–Crippen MR) is 336 cm³/mol. The second kappa shape index (κ2) is 47.7. The first-order valence-electron chi connectivity index (χ1n) is 30.2. The van der Waals surface area contributed by atoms with Gasteiger partial charge in [-0.05, 0) is 198 Å². The first-order chi connectivity index (χ1) is 41.1. The largest absolute Gasteiger partial charge is 0.508 e. The Morgan fingerprint density at radius 1 is 0.372 bits per heavy atom. The lowest BCUT2D eigenvalue weighted by atomic mass is 10.1. The SMILES string of the molecule is CC(=O)CCCCCCCOc1cccc(O)c1.CC(=O)CCCCCCCOc1ccccc1C(C)=O.CC(=O)CCCCCOc1cccc(C(C)=O)c1.CC(=O)CCCOc1cc(C)ccc1F.CC(=O)CCCOc1ccc(F)cc1C. The number of halogens is 2. The molecular weight excluding hydrogens is 1100 g/mol. The number of phenolic OH excluding ortho intramolecular Hbond substituents is 1. The number of carbonyl (C=O) groups excluding carboxylic acids is 7. The number of unbranched alkanes of at least 4 members (excludes halogenated alkanes) is 10. The van der Waals surface area contributed by atoms with Crippen LogP contribution in [-0.2, 0) is 24.0 Å². The molecule has 1 N–H and O–H groups in total. The van der Waals surface area contributed by atoms with Crippen molar-refractivity contribution >= 4 is 40.5 Å². The van der Waals surface area contributed by atoms with Gasteiger partial charge in [-0.1, -0.05) is 74.9 Å². The normalized spacial score (nSPS) is 10.2. The molecule has 15 heteroatoms. The lowest BCUT2D eigenvalue weighted by Gasteiger charge is -2.09. The Bertz CT molecular complexity index is 2770. The van der Waals surface area contributed by atoms with Crippen molar-refractivity contribution in [1.29, 1.82) is 0 Å². The van der Waals surface area contributed by atoms with E-state index in [1.165, 1.54) is 25.1 Å². The monoisotopic (exact) mass is 1190 g/mol. The lowest BCUT2D eigenvalue weighted by molar-refractivity contribution is -0.118. The van der Waals surface area contributed by atoms with Gasteiger partial charge in [0.25, 0.3) is 0 Å². The number of aromatic hydroxyl groups is 1. The number of carbonyl (C=O) groups is 7. The second-order valence-corrected chi connectivity index (χ2v) is 21.3. The van der Waals surface area contributed by atoms with Gasteiger partial charge in [-0.25, -0.2) is 8.78 Å². The van der Waals surface area contributed by atoms with Gasteiger partial charge in [0.15, 0.2) is 23.1 Å². The van der Waals surface area contributed by atoms with Crippen molar-refractivity contribution in [3.05, 3.63) is 143 Å². The fourth-order valence-electron chi connectivity index (χ4n) is 7.99. The van der Waals surface area contributed by atoms with Crippen LogP contribution >= 0.6 is 0 Å². The third-order valence-electron chi connectivity index (χ3n) is 12.7. The maximum atomic E-state index is 13.2. The summed E-state index contributed by atoms with van der Waals surface area (Å²) in [5, 5.41) is 9.25. The highest BCUT2D eigenvalue weighted by molar-refractivity contribution is 5.96. The molecule has 5 aromatic carbocycles. The van der Waals surface area contributed by atoms with Crippen molar-refractivity contribution in [3.63, 3.8) is 0 Å². The third kappa shape index (κ3) is 41.5. The van der Waals surface area contributed by atoms with Crippen molar-refractivity contribution in [2.75, 3.05) is 33.0 Å². The highest BCUT2D eigenvalue weighted by atomic mass is 19.1. The maximum Gasteiger partial charge on any atom is 0.165 e. The van der Waals surface area contributed by atoms with E-state index in [1.807, 2.05) is 43.3 Å². The zero-order chi connectivity index (χ0) is 63.9. The predicted octanol–water partition coefficient (Wildman–Crippen LogP) is 17.1. The Morgan fingerprint density at radius 2 is 0.802 bits per heavy atom. The van der Waals surface area contributed by atoms with E-state index in [2.05, 4.69) is 0 Å². The molecule has 0 atom stereocenters. The summed E-state index contributed by atoms with van der Waals surface area (Å²) >= 11 is 0. The molecule has 86 heavy (non-hydrogen) atoms. The molecule has 0 aliphatic heterocycles. The molecule has 0 bridgehead atoms. The molecule has 5 rings (SSSR count). The minimum absolute atomic E-state index is 0.0323. The smallest absolute Gasteiger partial charge is 0.165 e. The highest BCUT2D eigenvalue weighted by Crippen LogP contribution is 2.22. The van der Waals surface area contributed by atoms with Gasteiger partial charge in [0.2, 0.25) is 0 Å². The van der Waals surface area contributed by atoms with Crippen LogP contribution in [-0.4, -0.2) is 78.6 Å². The molecule has 0 aliphatic carbocycles. The van der Waals surface area contributed by atoms with E-state index in [0.29, 0.717) is 106 Å². The molecule has 0 amide bonds. The first kappa shape index (κ1) is 76.5. The average Bonchev–Trinajstić information content (AvgIpc) is 3.54. The number of Topliss-reactive ketones (excluding diaryl/α,β-unsaturated/α-hetero) is 7. The van der Waals surface area contributed by atoms with Gasteiger partial charge in [0.05, 0.1) is 38.6 Å². The number of aryl methyl sites for hydroxylation is 2. The van der Waals surface area contributed by atoms with Gasteiger partial charge < -0.3 is 52.8 Å². The van der Waals surface area contributed by atoms with E-state index in [9.17, 15) is 47.4 Å². The van der Waals surface area contributed by atoms with Crippen LogP contribution in [0.3, 0.4) is 0 Å². The molecule has 0 radical (unpaired) electrons. The molecule has 5 aromatic rings. The van der Waals surface area contributed by atoms with Gasteiger partial charge in [-0.2, -0.15) is 0 Å². The van der Waals surface area contributed by atoms with Crippen molar-refractivity contribution in [3.8, 4) is 34.5 Å². The van der Waals surface area contributed by atoms with Crippen LogP contribution in [0.2, 0.25) is 0 Å². The minimum Gasteiger partial charge on any atom is -0.508 e. The van der Waals surface area contributed by atoms with Crippen LogP contribution in [0.15, 0.2) is 109 Å². The van der Waals surface area contributed by atoms with E-state index >= 15 is 0 Å². The zero-order valence-electron chi connectivity index (χ0n) is 52.7. The molecule has 0 saturated heterocycles. The number of hydrogen-bond acceptors (Lipinski definition) is 13. The Balaban J connectivity index is 0.000000540. The highest BCUT2D eigenvalue weighted by Gasteiger charge is 2.08. The van der Waals surface area contributed by atoms with Gasteiger partial charge >= 0.3 is 0 Å². The summed E-state index contributed by atoms with van der Waals surface area (Å²) in [4.78, 5) is 76.2. The van der Waals surface area contributed by atoms with Crippen LogP contribution < -0.4 is 23.7 Å². The number of rotatable bonds is 37. The fraction of sp³-hybridized carbons (Fsp3) is 0.479. The Morgan fingerprint density at radius 3 is 1.30 bits per heavy atom. The Kier molecular flexibility index (Phi) is 42.4. The summed E-state index contributed by atoms with van der Waals surface area (Å²) in [5.74, 6) is 3.84. The zero-order valence-corrected chi connectivity index (χ0v) is 52.7. The van der Waals surface area contributed by atoms with Gasteiger partial charge in [-0.15, -0.1) is 0 Å². The summed E-state index contributed by atoms with van der Waals surface area (Å²) in [7, 11) is 0. The van der Waals surface area contributed by atoms with Crippen LogP contribution in [0.4, 0.5) is 8.78 Å². The molecule has 0 fully saturated rings. The van der Waals surface area contributed by atoms with E-state index in [0.717, 1.165) is 100 Å². The summed E-state index contributed by atoms with van der Waals surface area (Å²) in [6.45, 7) is 17.6. The quantitative estimate of drug-likeness (QED) is 0.0293. The van der Waals surface area contributed by atoms with Crippen LogP contribution in [0.1, 0.15) is 209 Å². The summed E-state index contributed by atoms with van der Waals surface area (Å²) < 4.78 is 53.3. The van der Waals surface area contributed by atoms with E-state index < -0.39 is 0 Å². The van der Waals surface area contributed by atoms with Gasteiger partial charge in [0.1, 0.15) is 63.5 Å². The molecule has 0 unspecified atom stereocenters. The third-order valence-corrected chi connectivity index (χ3v) is 12.7.